The van der Waals surface area contributed by atoms with Gasteiger partial charge in [-0.2, -0.15) is 0 Å². The van der Waals surface area contributed by atoms with E-state index in [4.69, 9.17) is 21.5 Å². The number of nitrogens with two attached hydrogens (primary N) is 1. The van der Waals surface area contributed by atoms with E-state index in [0.717, 1.165) is 10.0 Å². The Hall–Kier alpha value is -1.61. The zero-order chi connectivity index (χ0) is 18.4. The summed E-state index contributed by atoms with van der Waals surface area (Å²) >= 11 is 9.29. The first-order chi connectivity index (χ1) is 11.8. The molecule has 0 aliphatic rings. The van der Waals surface area contributed by atoms with Gasteiger partial charge in [0.05, 0.1) is 9.92 Å². The Bertz CT molecular complexity index is 857. The molecule has 0 aliphatic heterocycles. The average Bonchev–Trinajstić information content (AvgIpc) is 2.53. The molecule has 0 bridgehead atoms. The van der Waals surface area contributed by atoms with E-state index in [-0.39, 0.29) is 17.4 Å². The summed E-state index contributed by atoms with van der Waals surface area (Å²) in [6, 6.07) is 11.3. The molecule has 6 nitrogen and oxygen atoms in total. The maximum absolute atomic E-state index is 11.8. The van der Waals surface area contributed by atoms with E-state index in [1.54, 1.807) is 30.3 Å². The first kappa shape index (κ1) is 19.7. The van der Waals surface area contributed by atoms with Crippen LogP contribution in [-0.2, 0) is 21.2 Å². The van der Waals surface area contributed by atoms with Crippen LogP contribution in [0.15, 0.2) is 51.8 Å². The third-order valence-electron chi connectivity index (χ3n) is 3.24. The van der Waals surface area contributed by atoms with Crippen molar-refractivity contribution in [2.75, 3.05) is 13.2 Å². The predicted molar refractivity (Wildman–Crippen MR) is 99.2 cm³/mol. The normalized spacial score (nSPS) is 11.2. The summed E-state index contributed by atoms with van der Waals surface area (Å²) < 4.78 is 28.5. The lowest BCUT2D eigenvalue weighted by atomic mass is 10.1. The van der Waals surface area contributed by atoms with Gasteiger partial charge in [0.1, 0.15) is 5.75 Å². The van der Waals surface area contributed by atoms with E-state index in [1.165, 1.54) is 12.1 Å². The Kier molecular flexibility index (Phi) is 6.83. The molecule has 0 aromatic heterocycles. The van der Waals surface area contributed by atoms with Crippen molar-refractivity contribution in [2.45, 2.75) is 11.3 Å². The van der Waals surface area contributed by atoms with Crippen LogP contribution in [0.2, 0.25) is 5.02 Å². The molecular formula is C16H16BrClN2O4S. The number of carbonyl (C=O) groups excluding carboxylic acids is 1. The smallest absolute Gasteiger partial charge is 0.257 e. The van der Waals surface area contributed by atoms with Gasteiger partial charge in [0.2, 0.25) is 10.0 Å². The lowest BCUT2D eigenvalue weighted by Crippen LogP contribution is -2.30. The minimum absolute atomic E-state index is 0.0556. The van der Waals surface area contributed by atoms with Crippen LogP contribution < -0.4 is 15.2 Å². The van der Waals surface area contributed by atoms with Crippen molar-refractivity contribution in [3.8, 4) is 5.75 Å². The van der Waals surface area contributed by atoms with Crippen LogP contribution in [0, 0.1) is 0 Å². The van der Waals surface area contributed by atoms with Crippen molar-refractivity contribution in [2.24, 2.45) is 5.14 Å². The first-order valence-corrected chi connectivity index (χ1v) is 9.94. The molecule has 0 radical (unpaired) electrons. The quantitative estimate of drug-likeness (QED) is 0.681. The Labute approximate surface area is 159 Å². The molecule has 0 aliphatic carbocycles. The highest BCUT2D eigenvalue weighted by atomic mass is 79.9. The maximum Gasteiger partial charge on any atom is 0.257 e. The van der Waals surface area contributed by atoms with Gasteiger partial charge in [0.15, 0.2) is 6.61 Å². The van der Waals surface area contributed by atoms with Gasteiger partial charge in [-0.3, -0.25) is 4.79 Å². The topological polar surface area (TPSA) is 98.5 Å². The number of amides is 1. The summed E-state index contributed by atoms with van der Waals surface area (Å²) in [6.45, 7) is 0.247. The molecule has 134 valence electrons. The SMILES string of the molecule is NS(=O)(=O)c1ccc(CCNC(=O)COc2ccc(Br)cc2Cl)cc1. The number of halogens is 2. The molecular weight excluding hydrogens is 432 g/mol. The van der Waals surface area contributed by atoms with Crippen molar-refractivity contribution in [3.05, 3.63) is 57.5 Å². The van der Waals surface area contributed by atoms with Gasteiger partial charge in [0, 0.05) is 11.0 Å². The van der Waals surface area contributed by atoms with Crippen LogP contribution in [0.3, 0.4) is 0 Å². The maximum atomic E-state index is 11.8. The number of hydrogen-bond donors (Lipinski definition) is 2. The molecule has 0 heterocycles. The summed E-state index contributed by atoms with van der Waals surface area (Å²) in [4.78, 5) is 11.8. The third kappa shape index (κ3) is 6.32. The Morgan fingerprint density at radius 3 is 2.48 bits per heavy atom. The van der Waals surface area contributed by atoms with Gasteiger partial charge in [-0.25, -0.2) is 13.6 Å². The second-order valence-electron chi connectivity index (χ2n) is 5.15. The molecule has 0 unspecified atom stereocenters. The van der Waals surface area contributed by atoms with Crippen molar-refractivity contribution < 1.29 is 17.9 Å². The number of primary sulfonamides is 1. The minimum atomic E-state index is -3.69. The predicted octanol–water partition coefficient (Wildman–Crippen LogP) is 2.49. The van der Waals surface area contributed by atoms with Crippen molar-refractivity contribution in [1.82, 2.24) is 5.32 Å². The van der Waals surface area contributed by atoms with Crippen LogP contribution in [0.4, 0.5) is 0 Å². The molecule has 2 aromatic carbocycles. The molecule has 2 aromatic rings. The first-order valence-electron chi connectivity index (χ1n) is 7.22. The van der Waals surface area contributed by atoms with Crippen LogP contribution in [0.1, 0.15) is 5.56 Å². The Morgan fingerprint density at radius 1 is 1.20 bits per heavy atom. The highest BCUT2D eigenvalue weighted by Gasteiger charge is 2.08. The van der Waals surface area contributed by atoms with Crippen LogP contribution in [-0.4, -0.2) is 27.5 Å². The van der Waals surface area contributed by atoms with E-state index >= 15 is 0 Å². The zero-order valence-electron chi connectivity index (χ0n) is 13.0. The van der Waals surface area contributed by atoms with Crippen molar-refractivity contribution in [3.63, 3.8) is 0 Å². The lowest BCUT2D eigenvalue weighted by molar-refractivity contribution is -0.123. The lowest BCUT2D eigenvalue weighted by Gasteiger charge is -2.09. The molecule has 3 N–H and O–H groups in total. The van der Waals surface area contributed by atoms with Crippen molar-refractivity contribution >= 4 is 43.5 Å². The molecule has 2 rings (SSSR count). The van der Waals surface area contributed by atoms with Gasteiger partial charge in [-0.05, 0) is 42.3 Å². The summed E-state index contributed by atoms with van der Waals surface area (Å²) in [7, 11) is -3.69. The fraction of sp³-hybridized carbons (Fsp3) is 0.188. The molecule has 1 amide bonds. The number of benzene rings is 2. The molecule has 0 fully saturated rings. The van der Waals surface area contributed by atoms with Gasteiger partial charge in [-0.15, -0.1) is 0 Å². The number of hydrogen-bond acceptors (Lipinski definition) is 4. The monoisotopic (exact) mass is 446 g/mol. The largest absolute Gasteiger partial charge is 0.482 e. The summed E-state index contributed by atoms with van der Waals surface area (Å²) in [5, 5.41) is 8.17. The molecule has 25 heavy (non-hydrogen) atoms. The van der Waals surface area contributed by atoms with Gasteiger partial charge < -0.3 is 10.1 Å². The second-order valence-corrected chi connectivity index (χ2v) is 8.04. The Balaban J connectivity index is 1.77. The van der Waals surface area contributed by atoms with Crippen LogP contribution in [0.25, 0.3) is 0 Å². The van der Waals surface area contributed by atoms with Gasteiger partial charge >= 0.3 is 0 Å². The van der Waals surface area contributed by atoms with E-state index in [2.05, 4.69) is 21.2 Å². The number of ether oxygens (including phenoxy) is 1. The number of sulfonamides is 1. The third-order valence-corrected chi connectivity index (χ3v) is 4.96. The molecule has 0 saturated heterocycles. The second kappa shape index (κ2) is 8.66. The fourth-order valence-corrected chi connectivity index (χ4v) is 3.22. The highest BCUT2D eigenvalue weighted by molar-refractivity contribution is 9.10. The standard InChI is InChI=1S/C16H16BrClN2O4S/c17-12-3-6-15(14(18)9-12)24-10-16(21)20-8-7-11-1-4-13(5-2-11)25(19,22)23/h1-6,9H,7-8,10H2,(H,20,21)(H2,19,22,23). The molecule has 0 spiro atoms. The minimum Gasteiger partial charge on any atom is -0.482 e. The van der Waals surface area contributed by atoms with Crippen LogP contribution >= 0.6 is 27.5 Å². The molecule has 0 saturated carbocycles. The van der Waals surface area contributed by atoms with Crippen LogP contribution in [0.5, 0.6) is 5.75 Å². The van der Waals surface area contributed by atoms with E-state index < -0.39 is 10.0 Å². The van der Waals surface area contributed by atoms with Gasteiger partial charge in [-0.1, -0.05) is 39.7 Å². The average molecular weight is 448 g/mol. The molecule has 0 atom stereocenters. The van der Waals surface area contributed by atoms with E-state index in [9.17, 15) is 13.2 Å². The number of rotatable bonds is 7. The van der Waals surface area contributed by atoms with E-state index in [0.29, 0.717) is 23.7 Å². The zero-order valence-corrected chi connectivity index (χ0v) is 16.2. The Morgan fingerprint density at radius 2 is 1.88 bits per heavy atom. The van der Waals surface area contributed by atoms with E-state index in [1.807, 2.05) is 0 Å². The summed E-state index contributed by atoms with van der Waals surface area (Å²) in [5.41, 5.74) is 0.879. The van der Waals surface area contributed by atoms with Gasteiger partial charge in [0.25, 0.3) is 5.91 Å². The number of carbonyl (C=O) groups is 1. The summed E-state index contributed by atoms with van der Waals surface area (Å²) in [6.07, 6.45) is 0.551. The number of nitrogens with one attached hydrogen (secondary N) is 1. The fourth-order valence-electron chi connectivity index (χ4n) is 1.98. The highest BCUT2D eigenvalue weighted by Crippen LogP contribution is 2.27. The molecule has 9 heteroatoms. The summed E-state index contributed by atoms with van der Waals surface area (Å²) in [5.74, 6) is 0.152. The van der Waals surface area contributed by atoms with Crippen molar-refractivity contribution in [1.29, 1.82) is 0 Å².